The number of nitrogens with one attached hydrogen (secondary N) is 1. The molecule has 1 heterocycles. The van der Waals surface area contributed by atoms with E-state index in [2.05, 4.69) is 10.4 Å². The average molecular weight is 187 g/mol. The van der Waals surface area contributed by atoms with Gasteiger partial charge in [0, 0.05) is 6.08 Å². The summed E-state index contributed by atoms with van der Waals surface area (Å²) in [7, 11) is 0. The zero-order chi connectivity index (χ0) is 9.14. The number of carboxylic acid groups (broad SMARTS) is 1. The predicted molar refractivity (Wildman–Crippen MR) is 43.1 cm³/mol. The van der Waals surface area contributed by atoms with Crippen LogP contribution in [0.2, 0.25) is 0 Å². The maximum Gasteiger partial charge on any atom is 0.329 e. The van der Waals surface area contributed by atoms with Gasteiger partial charge in [0.2, 0.25) is 0 Å². The molecule has 1 saturated heterocycles. The van der Waals surface area contributed by atoms with Crippen LogP contribution < -0.4 is 11.2 Å². The van der Waals surface area contributed by atoms with E-state index in [4.69, 9.17) is 10.9 Å². The minimum absolute atomic E-state index is 0.0756. The highest BCUT2D eigenvalue weighted by Gasteiger charge is 2.24. The van der Waals surface area contributed by atoms with Crippen LogP contribution in [0.15, 0.2) is 16.1 Å². The van der Waals surface area contributed by atoms with Gasteiger partial charge in [0.15, 0.2) is 5.17 Å². The first kappa shape index (κ1) is 8.60. The summed E-state index contributed by atoms with van der Waals surface area (Å²) < 4.78 is 0. The molecule has 1 rings (SSSR count). The highest BCUT2D eigenvalue weighted by molar-refractivity contribution is 8.18. The number of rotatable bonds is 1. The molecule has 0 spiro atoms. The molecule has 0 aromatic heterocycles. The number of thioether (sulfide) groups is 1. The molecule has 0 saturated carbocycles. The molecule has 64 valence electrons. The summed E-state index contributed by atoms with van der Waals surface area (Å²) in [5.74, 6) is 3.20. The quantitative estimate of drug-likeness (QED) is 0.279. The van der Waals surface area contributed by atoms with Crippen molar-refractivity contribution in [1.29, 1.82) is 0 Å². The highest BCUT2D eigenvalue weighted by atomic mass is 32.2. The van der Waals surface area contributed by atoms with Gasteiger partial charge in [0.1, 0.15) is 0 Å². The number of amides is 1. The van der Waals surface area contributed by atoms with Crippen LogP contribution in [0.4, 0.5) is 0 Å². The monoisotopic (exact) mass is 187 g/mol. The molecule has 0 radical (unpaired) electrons. The molecular formula is C5H5N3O3S. The van der Waals surface area contributed by atoms with Crippen molar-refractivity contribution in [3.05, 3.63) is 11.0 Å². The first-order valence-corrected chi connectivity index (χ1v) is 3.67. The van der Waals surface area contributed by atoms with Gasteiger partial charge in [-0.3, -0.25) is 10.1 Å². The van der Waals surface area contributed by atoms with Crippen molar-refractivity contribution >= 4 is 28.8 Å². The van der Waals surface area contributed by atoms with E-state index in [0.717, 1.165) is 17.8 Å². The first-order valence-electron chi connectivity index (χ1n) is 2.85. The average Bonchev–Trinajstić information content (AvgIpc) is 2.31. The summed E-state index contributed by atoms with van der Waals surface area (Å²) in [6, 6.07) is 0. The SMILES string of the molecule is NN=C1NC(=O)/C(=C/C(=O)O)S1. The number of nitrogens with zero attached hydrogens (tertiary/aromatic N) is 1. The lowest BCUT2D eigenvalue weighted by Gasteiger charge is -1.85. The second-order valence-electron chi connectivity index (χ2n) is 1.84. The van der Waals surface area contributed by atoms with Gasteiger partial charge >= 0.3 is 5.97 Å². The molecular weight excluding hydrogens is 182 g/mol. The molecule has 12 heavy (non-hydrogen) atoms. The van der Waals surface area contributed by atoms with Gasteiger partial charge in [0.05, 0.1) is 4.91 Å². The van der Waals surface area contributed by atoms with Crippen LogP contribution in [-0.2, 0) is 9.59 Å². The van der Waals surface area contributed by atoms with Gasteiger partial charge in [-0.05, 0) is 11.8 Å². The smallest absolute Gasteiger partial charge is 0.329 e. The number of nitrogens with two attached hydrogens (primary N) is 1. The molecule has 6 nitrogen and oxygen atoms in total. The topological polar surface area (TPSA) is 105 Å². The summed E-state index contributed by atoms with van der Waals surface area (Å²) in [5, 5.41) is 14.0. The van der Waals surface area contributed by atoms with Crippen LogP contribution in [0, 0.1) is 0 Å². The molecule has 1 amide bonds. The lowest BCUT2D eigenvalue weighted by molar-refractivity contribution is -0.131. The zero-order valence-electron chi connectivity index (χ0n) is 5.77. The molecule has 0 aromatic rings. The Hall–Kier alpha value is -1.50. The Balaban J connectivity index is 2.84. The summed E-state index contributed by atoms with van der Waals surface area (Å²) in [5.41, 5.74) is 0. The van der Waals surface area contributed by atoms with E-state index in [-0.39, 0.29) is 10.1 Å². The number of carbonyl (C=O) groups excluding carboxylic acids is 1. The van der Waals surface area contributed by atoms with Crippen molar-refractivity contribution in [2.45, 2.75) is 0 Å². The molecule has 0 aromatic carbocycles. The van der Waals surface area contributed by atoms with Crippen LogP contribution >= 0.6 is 11.8 Å². The zero-order valence-corrected chi connectivity index (χ0v) is 6.59. The number of hydrazone groups is 1. The van der Waals surface area contributed by atoms with Crippen molar-refractivity contribution in [3.63, 3.8) is 0 Å². The van der Waals surface area contributed by atoms with Crippen molar-refractivity contribution in [2.75, 3.05) is 0 Å². The van der Waals surface area contributed by atoms with E-state index < -0.39 is 11.9 Å². The summed E-state index contributed by atoms with van der Waals surface area (Å²) in [6.07, 6.45) is 0.804. The second-order valence-corrected chi connectivity index (χ2v) is 2.87. The number of carbonyl (C=O) groups is 2. The summed E-state index contributed by atoms with van der Waals surface area (Å²) >= 11 is 0.892. The number of hydrogen-bond acceptors (Lipinski definition) is 5. The number of hydrogen-bond donors (Lipinski definition) is 3. The fourth-order valence-corrected chi connectivity index (χ4v) is 1.31. The fraction of sp³-hybridized carbons (Fsp3) is 0. The van der Waals surface area contributed by atoms with E-state index in [1.807, 2.05) is 0 Å². The van der Waals surface area contributed by atoms with E-state index in [9.17, 15) is 9.59 Å². The second kappa shape index (κ2) is 3.26. The van der Waals surface area contributed by atoms with Crippen molar-refractivity contribution in [1.82, 2.24) is 5.32 Å². The van der Waals surface area contributed by atoms with Crippen molar-refractivity contribution in [3.8, 4) is 0 Å². The van der Waals surface area contributed by atoms with Gasteiger partial charge in [-0.25, -0.2) is 4.79 Å². The van der Waals surface area contributed by atoms with Crippen LogP contribution in [0.5, 0.6) is 0 Å². The number of amidine groups is 1. The van der Waals surface area contributed by atoms with Crippen molar-refractivity contribution < 1.29 is 14.7 Å². The van der Waals surface area contributed by atoms with E-state index >= 15 is 0 Å². The Morgan fingerprint density at radius 2 is 2.42 bits per heavy atom. The normalized spacial score (nSPS) is 23.2. The van der Waals surface area contributed by atoms with Crippen molar-refractivity contribution in [2.24, 2.45) is 10.9 Å². The van der Waals surface area contributed by atoms with Gasteiger partial charge in [-0.1, -0.05) is 0 Å². The lowest BCUT2D eigenvalue weighted by Crippen LogP contribution is -2.20. The Labute approximate surface area is 71.5 Å². The lowest BCUT2D eigenvalue weighted by atomic mass is 10.5. The van der Waals surface area contributed by atoms with Crippen LogP contribution in [0.3, 0.4) is 0 Å². The predicted octanol–water partition coefficient (Wildman–Crippen LogP) is -0.952. The summed E-state index contributed by atoms with van der Waals surface area (Å²) in [4.78, 5) is 21.1. The third kappa shape index (κ3) is 1.76. The van der Waals surface area contributed by atoms with E-state index in [1.54, 1.807) is 0 Å². The number of carboxylic acids is 1. The van der Waals surface area contributed by atoms with Gasteiger partial charge in [-0.2, -0.15) is 5.10 Å². The van der Waals surface area contributed by atoms with E-state index in [0.29, 0.717) is 0 Å². The highest BCUT2D eigenvalue weighted by Crippen LogP contribution is 2.22. The van der Waals surface area contributed by atoms with Gasteiger partial charge in [0.25, 0.3) is 5.91 Å². The van der Waals surface area contributed by atoms with Crippen LogP contribution in [-0.4, -0.2) is 22.2 Å². The largest absolute Gasteiger partial charge is 0.478 e. The molecule has 4 N–H and O–H groups in total. The van der Waals surface area contributed by atoms with Crippen LogP contribution in [0.1, 0.15) is 0 Å². The first-order chi connectivity index (χ1) is 5.63. The minimum Gasteiger partial charge on any atom is -0.478 e. The molecule has 0 aliphatic carbocycles. The standard InChI is InChI=1S/C5H5N3O3S/c6-8-5-7-4(11)2(12-5)1-3(9)10/h1H,6H2,(H,9,10)(H,7,8,11)/b2-1-. The Bertz CT molecular complexity index is 296. The molecule has 0 bridgehead atoms. The number of aliphatic carboxylic acids is 1. The minimum atomic E-state index is -1.18. The molecule has 1 aliphatic heterocycles. The molecule has 0 unspecified atom stereocenters. The fourth-order valence-electron chi connectivity index (χ4n) is 0.601. The maximum atomic E-state index is 10.9. The maximum absolute atomic E-state index is 10.9. The van der Waals surface area contributed by atoms with Crippen LogP contribution in [0.25, 0.3) is 0 Å². The van der Waals surface area contributed by atoms with E-state index in [1.165, 1.54) is 0 Å². The van der Waals surface area contributed by atoms with Gasteiger partial charge < -0.3 is 10.9 Å². The third-order valence-electron chi connectivity index (χ3n) is 1.02. The summed E-state index contributed by atoms with van der Waals surface area (Å²) in [6.45, 7) is 0. The Kier molecular flexibility index (Phi) is 2.34. The molecule has 1 fully saturated rings. The molecule has 7 heteroatoms. The van der Waals surface area contributed by atoms with Gasteiger partial charge in [-0.15, -0.1) is 0 Å². The Morgan fingerprint density at radius 3 is 2.83 bits per heavy atom. The third-order valence-corrected chi connectivity index (χ3v) is 1.95. The molecule has 0 atom stereocenters. The Morgan fingerprint density at radius 1 is 1.75 bits per heavy atom. The molecule has 1 aliphatic rings.